The lowest BCUT2D eigenvalue weighted by Gasteiger charge is -2.11. The van der Waals surface area contributed by atoms with Crippen molar-refractivity contribution in [3.63, 3.8) is 0 Å². The number of carboxylic acids is 1. The van der Waals surface area contributed by atoms with Crippen LogP contribution >= 0.6 is 27.3 Å². The molecule has 8 heteroatoms. The van der Waals surface area contributed by atoms with Crippen molar-refractivity contribution in [1.29, 1.82) is 0 Å². The average molecular weight is 375 g/mol. The van der Waals surface area contributed by atoms with Crippen molar-refractivity contribution in [2.45, 2.75) is 11.1 Å². The number of carboxylic acid groups (broad SMARTS) is 1. The van der Waals surface area contributed by atoms with Crippen molar-refractivity contribution < 1.29 is 18.3 Å². The SMILES string of the molecule is Cc1ccc(C(=O)[O-])cc1NS(=O)(=O)c1ccc(Br)s1. The first-order valence-electron chi connectivity index (χ1n) is 5.40. The van der Waals surface area contributed by atoms with Crippen molar-refractivity contribution in [3.8, 4) is 0 Å². The lowest BCUT2D eigenvalue weighted by molar-refractivity contribution is -0.255. The Kier molecular flexibility index (Phi) is 4.17. The maximum Gasteiger partial charge on any atom is 0.271 e. The Hall–Kier alpha value is -1.38. The summed E-state index contributed by atoms with van der Waals surface area (Å²) in [7, 11) is -3.73. The molecular weight excluding hydrogens is 366 g/mol. The zero-order valence-electron chi connectivity index (χ0n) is 10.2. The van der Waals surface area contributed by atoms with Crippen LogP contribution < -0.4 is 9.83 Å². The van der Waals surface area contributed by atoms with Gasteiger partial charge in [0.2, 0.25) is 0 Å². The van der Waals surface area contributed by atoms with Gasteiger partial charge in [-0.1, -0.05) is 12.1 Å². The molecule has 20 heavy (non-hydrogen) atoms. The lowest BCUT2D eigenvalue weighted by atomic mass is 10.1. The zero-order chi connectivity index (χ0) is 14.9. The Morgan fingerprint density at radius 3 is 2.55 bits per heavy atom. The van der Waals surface area contributed by atoms with E-state index < -0.39 is 16.0 Å². The number of thiophene rings is 1. The summed E-state index contributed by atoms with van der Waals surface area (Å²) in [6, 6.07) is 7.22. The summed E-state index contributed by atoms with van der Waals surface area (Å²) in [5.74, 6) is -1.36. The number of anilines is 1. The van der Waals surface area contributed by atoms with Crippen molar-refractivity contribution in [1.82, 2.24) is 0 Å². The van der Waals surface area contributed by atoms with Gasteiger partial charge >= 0.3 is 0 Å². The number of hydrogen-bond donors (Lipinski definition) is 1. The van der Waals surface area contributed by atoms with Crippen LogP contribution in [0.15, 0.2) is 38.3 Å². The maximum absolute atomic E-state index is 12.2. The minimum atomic E-state index is -3.73. The number of sulfonamides is 1. The molecule has 0 bridgehead atoms. The number of benzene rings is 1. The van der Waals surface area contributed by atoms with Crippen molar-refractivity contribution >= 4 is 48.9 Å². The molecule has 0 unspecified atom stereocenters. The topological polar surface area (TPSA) is 86.3 Å². The van der Waals surface area contributed by atoms with Crippen LogP contribution in [0, 0.1) is 6.92 Å². The van der Waals surface area contributed by atoms with E-state index in [9.17, 15) is 18.3 Å². The molecule has 106 valence electrons. The standard InChI is InChI=1S/C12H10BrNO4S2/c1-7-2-3-8(12(15)16)6-9(7)14-20(17,18)11-5-4-10(13)19-11/h2-6,14H,1H3,(H,15,16)/p-1. The summed E-state index contributed by atoms with van der Waals surface area (Å²) in [5, 5.41) is 10.8. The van der Waals surface area contributed by atoms with E-state index in [0.29, 0.717) is 9.35 Å². The smallest absolute Gasteiger partial charge is 0.271 e. The molecule has 0 radical (unpaired) electrons. The number of aromatic carboxylic acids is 1. The third-order valence-corrected chi connectivity index (χ3v) is 6.01. The van der Waals surface area contributed by atoms with Crippen LogP contribution in [0.25, 0.3) is 0 Å². The van der Waals surface area contributed by atoms with Gasteiger partial charge in [-0.3, -0.25) is 4.72 Å². The number of rotatable bonds is 4. The molecule has 1 aromatic carbocycles. The highest BCUT2D eigenvalue weighted by molar-refractivity contribution is 9.11. The number of hydrogen-bond acceptors (Lipinski definition) is 5. The predicted molar refractivity (Wildman–Crippen MR) is 78.3 cm³/mol. The number of halogens is 1. The van der Waals surface area contributed by atoms with Crippen LogP contribution in [0.1, 0.15) is 15.9 Å². The number of carbonyl (C=O) groups excluding carboxylic acids is 1. The Bertz CT molecular complexity index is 768. The van der Waals surface area contributed by atoms with E-state index in [2.05, 4.69) is 20.7 Å². The van der Waals surface area contributed by atoms with E-state index in [1.807, 2.05) is 0 Å². The second-order valence-electron chi connectivity index (χ2n) is 3.98. The van der Waals surface area contributed by atoms with Crippen LogP contribution in [0.2, 0.25) is 0 Å². The fourth-order valence-electron chi connectivity index (χ4n) is 1.50. The second kappa shape index (κ2) is 5.55. The van der Waals surface area contributed by atoms with Crippen LogP contribution in [-0.2, 0) is 10.0 Å². The predicted octanol–water partition coefficient (Wildman–Crippen LogP) is 1.98. The first kappa shape index (κ1) is 15.0. The van der Waals surface area contributed by atoms with E-state index in [4.69, 9.17) is 0 Å². The second-order valence-corrected chi connectivity index (χ2v) is 8.35. The van der Waals surface area contributed by atoms with Gasteiger partial charge in [-0.2, -0.15) is 0 Å². The summed E-state index contributed by atoms with van der Waals surface area (Å²) in [6.07, 6.45) is 0. The molecule has 1 heterocycles. The quantitative estimate of drug-likeness (QED) is 0.886. The van der Waals surface area contributed by atoms with E-state index in [-0.39, 0.29) is 15.5 Å². The molecule has 0 aliphatic rings. The normalized spacial score (nSPS) is 11.3. The van der Waals surface area contributed by atoms with Gasteiger partial charge in [0, 0.05) is 0 Å². The molecule has 1 aromatic heterocycles. The van der Waals surface area contributed by atoms with E-state index in [1.165, 1.54) is 24.3 Å². The fraction of sp³-hybridized carbons (Fsp3) is 0.0833. The number of nitrogens with one attached hydrogen (secondary N) is 1. The van der Waals surface area contributed by atoms with Crippen LogP contribution in [0.3, 0.4) is 0 Å². The molecule has 0 aliphatic carbocycles. The van der Waals surface area contributed by atoms with Gasteiger partial charge in [0.1, 0.15) is 4.21 Å². The van der Waals surface area contributed by atoms with Gasteiger partial charge < -0.3 is 9.90 Å². The van der Waals surface area contributed by atoms with Crippen LogP contribution in [0.4, 0.5) is 5.69 Å². The lowest BCUT2D eigenvalue weighted by Crippen LogP contribution is -2.22. The Balaban J connectivity index is 2.39. The van der Waals surface area contributed by atoms with E-state index in [0.717, 1.165) is 11.3 Å². The van der Waals surface area contributed by atoms with Gasteiger partial charge in [0.05, 0.1) is 15.4 Å². The maximum atomic E-state index is 12.2. The van der Waals surface area contributed by atoms with Crippen LogP contribution in [-0.4, -0.2) is 14.4 Å². The number of carbonyl (C=O) groups is 1. The van der Waals surface area contributed by atoms with Crippen molar-refractivity contribution in [2.24, 2.45) is 0 Å². The summed E-state index contributed by atoms with van der Waals surface area (Å²) >= 11 is 4.26. The zero-order valence-corrected chi connectivity index (χ0v) is 13.4. The van der Waals surface area contributed by atoms with Crippen molar-refractivity contribution in [2.75, 3.05) is 4.72 Å². The molecule has 2 rings (SSSR count). The molecular formula is C12H9BrNO4S2-. The molecule has 2 aromatic rings. The van der Waals surface area contributed by atoms with Gasteiger partial charge in [-0.15, -0.1) is 11.3 Å². The minimum Gasteiger partial charge on any atom is -0.545 e. The number of aryl methyl sites for hydroxylation is 1. The highest BCUT2D eigenvalue weighted by atomic mass is 79.9. The Morgan fingerprint density at radius 2 is 2.00 bits per heavy atom. The highest BCUT2D eigenvalue weighted by Crippen LogP contribution is 2.28. The van der Waals surface area contributed by atoms with E-state index in [1.54, 1.807) is 13.0 Å². The molecule has 0 aliphatic heterocycles. The molecule has 1 N–H and O–H groups in total. The molecule has 0 atom stereocenters. The first-order chi connectivity index (χ1) is 9.29. The minimum absolute atomic E-state index is 0.0827. The molecule has 0 saturated carbocycles. The molecule has 0 saturated heterocycles. The fourth-order valence-corrected chi connectivity index (χ4v) is 4.63. The van der Waals surface area contributed by atoms with Gasteiger partial charge in [0.25, 0.3) is 10.0 Å². The van der Waals surface area contributed by atoms with Gasteiger partial charge in [0.15, 0.2) is 0 Å². The third-order valence-electron chi connectivity index (χ3n) is 2.53. The van der Waals surface area contributed by atoms with Crippen LogP contribution in [0.5, 0.6) is 0 Å². The molecule has 5 nitrogen and oxygen atoms in total. The summed E-state index contributed by atoms with van der Waals surface area (Å²) < 4.78 is 27.5. The third kappa shape index (κ3) is 3.20. The molecule has 0 fully saturated rings. The van der Waals surface area contributed by atoms with Gasteiger partial charge in [-0.05, 0) is 52.2 Å². The summed E-state index contributed by atoms with van der Waals surface area (Å²) in [6.45, 7) is 1.68. The highest BCUT2D eigenvalue weighted by Gasteiger charge is 2.17. The average Bonchev–Trinajstić information content (AvgIpc) is 2.79. The van der Waals surface area contributed by atoms with Crippen molar-refractivity contribution in [3.05, 3.63) is 45.2 Å². The molecule has 0 amide bonds. The Labute approximate surface area is 128 Å². The largest absolute Gasteiger partial charge is 0.545 e. The van der Waals surface area contributed by atoms with Gasteiger partial charge in [-0.25, -0.2) is 8.42 Å². The molecule has 0 spiro atoms. The Morgan fingerprint density at radius 1 is 1.30 bits per heavy atom. The van der Waals surface area contributed by atoms with E-state index >= 15 is 0 Å². The monoisotopic (exact) mass is 374 g/mol. The summed E-state index contributed by atoms with van der Waals surface area (Å²) in [5.41, 5.74) is 0.756. The first-order valence-corrected chi connectivity index (χ1v) is 8.49. The summed E-state index contributed by atoms with van der Waals surface area (Å²) in [4.78, 5) is 10.8.